The van der Waals surface area contributed by atoms with Crippen molar-refractivity contribution in [2.75, 3.05) is 0 Å². The van der Waals surface area contributed by atoms with E-state index < -0.39 is 11.9 Å². The maximum atomic E-state index is 12.3. The molecule has 2 aromatic heterocycles. The summed E-state index contributed by atoms with van der Waals surface area (Å²) < 4.78 is 37.8. The average molecular weight is 244 g/mol. The number of hydrogen-bond donors (Lipinski definition) is 1. The van der Waals surface area contributed by atoms with E-state index in [0.29, 0.717) is 5.69 Å². The highest BCUT2D eigenvalue weighted by molar-refractivity contribution is 5.21. The van der Waals surface area contributed by atoms with Crippen molar-refractivity contribution in [3.8, 4) is 5.82 Å². The number of aliphatic hydroxyl groups excluding tert-OH is 1. The Morgan fingerprint density at radius 2 is 1.94 bits per heavy atom. The molecule has 2 heterocycles. The Hall–Kier alpha value is -1.96. The monoisotopic (exact) mass is 244 g/mol. The highest BCUT2D eigenvalue weighted by Crippen LogP contribution is 2.27. The van der Waals surface area contributed by atoms with E-state index in [-0.39, 0.29) is 12.4 Å². The standard InChI is InChI=1S/C9H7F3N4O/c10-9(11,12)7-3-4-16(15-7)8-2-1-6(5-17)13-14-8/h1-4,17H,5H2. The van der Waals surface area contributed by atoms with Crippen LogP contribution in [-0.2, 0) is 12.8 Å². The third-order valence-corrected chi connectivity index (χ3v) is 1.98. The van der Waals surface area contributed by atoms with Crippen molar-refractivity contribution in [3.63, 3.8) is 0 Å². The highest BCUT2D eigenvalue weighted by Gasteiger charge is 2.33. The van der Waals surface area contributed by atoms with Gasteiger partial charge < -0.3 is 5.11 Å². The fourth-order valence-corrected chi connectivity index (χ4v) is 1.16. The number of hydrogen-bond acceptors (Lipinski definition) is 4. The van der Waals surface area contributed by atoms with Crippen LogP contribution in [0, 0.1) is 0 Å². The van der Waals surface area contributed by atoms with Gasteiger partial charge in [-0.3, -0.25) is 0 Å². The van der Waals surface area contributed by atoms with Gasteiger partial charge in [0.15, 0.2) is 11.5 Å². The minimum Gasteiger partial charge on any atom is -0.390 e. The zero-order chi connectivity index (χ0) is 12.5. The highest BCUT2D eigenvalue weighted by atomic mass is 19.4. The zero-order valence-electron chi connectivity index (χ0n) is 8.39. The molecule has 0 saturated carbocycles. The van der Waals surface area contributed by atoms with E-state index in [1.54, 1.807) is 0 Å². The Balaban J connectivity index is 2.30. The molecule has 17 heavy (non-hydrogen) atoms. The second-order valence-electron chi connectivity index (χ2n) is 3.18. The molecule has 0 aromatic carbocycles. The van der Waals surface area contributed by atoms with Gasteiger partial charge in [0.2, 0.25) is 0 Å². The largest absolute Gasteiger partial charge is 0.435 e. The molecule has 0 atom stereocenters. The van der Waals surface area contributed by atoms with E-state index in [4.69, 9.17) is 5.11 Å². The molecule has 2 aromatic rings. The molecule has 5 nitrogen and oxygen atoms in total. The van der Waals surface area contributed by atoms with Gasteiger partial charge in [0, 0.05) is 6.20 Å². The number of alkyl halides is 3. The van der Waals surface area contributed by atoms with Crippen LogP contribution in [0.1, 0.15) is 11.4 Å². The number of aliphatic hydroxyl groups is 1. The van der Waals surface area contributed by atoms with Gasteiger partial charge >= 0.3 is 6.18 Å². The Bertz CT molecular complexity index is 506. The fourth-order valence-electron chi connectivity index (χ4n) is 1.16. The van der Waals surface area contributed by atoms with Crippen LogP contribution in [0.5, 0.6) is 0 Å². The zero-order valence-corrected chi connectivity index (χ0v) is 8.39. The van der Waals surface area contributed by atoms with Crippen molar-refractivity contribution in [2.24, 2.45) is 0 Å². The summed E-state index contributed by atoms with van der Waals surface area (Å²) in [6.07, 6.45) is -3.34. The number of nitrogens with zero attached hydrogens (tertiary/aromatic N) is 4. The first-order valence-electron chi connectivity index (χ1n) is 4.57. The van der Waals surface area contributed by atoms with Crippen molar-refractivity contribution in [1.82, 2.24) is 20.0 Å². The lowest BCUT2D eigenvalue weighted by Gasteiger charge is -2.02. The number of rotatable bonds is 2. The van der Waals surface area contributed by atoms with E-state index in [0.717, 1.165) is 16.9 Å². The number of aromatic nitrogens is 4. The minimum atomic E-state index is -4.48. The van der Waals surface area contributed by atoms with Crippen LogP contribution in [-0.4, -0.2) is 25.1 Å². The van der Waals surface area contributed by atoms with E-state index in [9.17, 15) is 13.2 Å². The predicted octanol–water partition coefficient (Wildman–Crippen LogP) is 1.17. The van der Waals surface area contributed by atoms with Crippen molar-refractivity contribution in [1.29, 1.82) is 0 Å². The molecule has 0 unspecified atom stereocenters. The average Bonchev–Trinajstić information content (AvgIpc) is 2.78. The van der Waals surface area contributed by atoms with Gasteiger partial charge in [-0.25, -0.2) is 4.68 Å². The maximum absolute atomic E-state index is 12.3. The molecule has 0 amide bonds. The molecular weight excluding hydrogens is 237 g/mol. The first-order chi connectivity index (χ1) is 8.00. The summed E-state index contributed by atoms with van der Waals surface area (Å²) in [6.45, 7) is -0.278. The first-order valence-corrected chi connectivity index (χ1v) is 4.57. The van der Waals surface area contributed by atoms with Gasteiger partial charge in [0.25, 0.3) is 0 Å². The lowest BCUT2D eigenvalue weighted by atomic mass is 10.4. The van der Waals surface area contributed by atoms with Crippen LogP contribution >= 0.6 is 0 Å². The van der Waals surface area contributed by atoms with E-state index in [1.165, 1.54) is 12.1 Å². The van der Waals surface area contributed by atoms with E-state index >= 15 is 0 Å². The van der Waals surface area contributed by atoms with Crippen LogP contribution in [0.3, 0.4) is 0 Å². The Labute approximate surface area is 93.5 Å². The summed E-state index contributed by atoms with van der Waals surface area (Å²) in [6, 6.07) is 3.73. The Morgan fingerprint density at radius 3 is 2.41 bits per heavy atom. The van der Waals surface area contributed by atoms with Crippen LogP contribution in [0.25, 0.3) is 5.82 Å². The van der Waals surface area contributed by atoms with Gasteiger partial charge in [0.1, 0.15) is 0 Å². The molecule has 8 heteroatoms. The molecule has 0 spiro atoms. The van der Waals surface area contributed by atoms with E-state index in [2.05, 4.69) is 15.3 Å². The lowest BCUT2D eigenvalue weighted by Crippen LogP contribution is -2.08. The van der Waals surface area contributed by atoms with Gasteiger partial charge in [-0.2, -0.15) is 23.4 Å². The Morgan fingerprint density at radius 1 is 1.18 bits per heavy atom. The molecule has 0 aliphatic rings. The second-order valence-corrected chi connectivity index (χ2v) is 3.18. The molecule has 0 fully saturated rings. The van der Waals surface area contributed by atoms with Gasteiger partial charge in [-0.05, 0) is 18.2 Å². The summed E-state index contributed by atoms with van der Waals surface area (Å²) in [4.78, 5) is 0. The van der Waals surface area contributed by atoms with Crippen LogP contribution < -0.4 is 0 Å². The lowest BCUT2D eigenvalue weighted by molar-refractivity contribution is -0.141. The fraction of sp³-hybridized carbons (Fsp3) is 0.222. The van der Waals surface area contributed by atoms with Crippen molar-refractivity contribution >= 4 is 0 Å². The van der Waals surface area contributed by atoms with Crippen molar-refractivity contribution < 1.29 is 18.3 Å². The topological polar surface area (TPSA) is 63.8 Å². The number of halogens is 3. The molecule has 1 N–H and O–H groups in total. The quantitative estimate of drug-likeness (QED) is 0.861. The van der Waals surface area contributed by atoms with Crippen LogP contribution in [0.2, 0.25) is 0 Å². The molecule has 0 saturated heterocycles. The molecule has 2 rings (SSSR count). The van der Waals surface area contributed by atoms with Crippen molar-refractivity contribution in [2.45, 2.75) is 12.8 Å². The smallest absolute Gasteiger partial charge is 0.390 e. The van der Waals surface area contributed by atoms with Crippen molar-refractivity contribution in [3.05, 3.63) is 35.8 Å². The molecule has 0 aliphatic heterocycles. The predicted molar refractivity (Wildman–Crippen MR) is 50.1 cm³/mol. The molecular formula is C9H7F3N4O. The SMILES string of the molecule is OCc1ccc(-n2ccc(C(F)(F)F)n2)nn1. The molecule has 0 bridgehead atoms. The molecule has 0 aliphatic carbocycles. The van der Waals surface area contributed by atoms with Crippen LogP contribution in [0.15, 0.2) is 24.4 Å². The third-order valence-electron chi connectivity index (χ3n) is 1.98. The Kier molecular flexibility index (Phi) is 2.80. The van der Waals surface area contributed by atoms with E-state index in [1.807, 2.05) is 0 Å². The summed E-state index contributed by atoms with van der Waals surface area (Å²) in [5, 5.41) is 19.3. The summed E-state index contributed by atoms with van der Waals surface area (Å²) in [5.74, 6) is 0.151. The van der Waals surface area contributed by atoms with Gasteiger partial charge in [-0.15, -0.1) is 5.10 Å². The maximum Gasteiger partial charge on any atom is 0.435 e. The molecule has 0 radical (unpaired) electrons. The third kappa shape index (κ3) is 2.41. The first kappa shape index (κ1) is 11.5. The van der Waals surface area contributed by atoms with Gasteiger partial charge in [-0.1, -0.05) is 0 Å². The second kappa shape index (κ2) is 4.13. The van der Waals surface area contributed by atoms with Crippen LogP contribution in [0.4, 0.5) is 13.2 Å². The summed E-state index contributed by atoms with van der Waals surface area (Å²) in [7, 11) is 0. The van der Waals surface area contributed by atoms with Gasteiger partial charge in [0.05, 0.1) is 12.3 Å². The minimum absolute atomic E-state index is 0.151. The summed E-state index contributed by atoms with van der Waals surface area (Å²) in [5.41, 5.74) is -0.664. The summed E-state index contributed by atoms with van der Waals surface area (Å²) >= 11 is 0. The normalized spacial score (nSPS) is 11.8. The molecule has 90 valence electrons.